The Morgan fingerprint density at radius 1 is 1.00 bits per heavy atom. The highest BCUT2D eigenvalue weighted by Gasteiger charge is 2.07. The number of benzene rings is 2. The number of unbranched alkanes of at least 4 members (excludes halogenated alkanes) is 1. The van der Waals surface area contributed by atoms with Gasteiger partial charge in [-0.2, -0.15) is 0 Å². The molecule has 0 aromatic heterocycles. The molecule has 104 valence electrons. The summed E-state index contributed by atoms with van der Waals surface area (Å²) in [5.41, 5.74) is 3.29. The van der Waals surface area contributed by atoms with Gasteiger partial charge in [0.25, 0.3) is 0 Å². The summed E-state index contributed by atoms with van der Waals surface area (Å²) in [6.07, 6.45) is 3.49. The van der Waals surface area contributed by atoms with Crippen LogP contribution in [0.15, 0.2) is 53.4 Å². The molecule has 2 rings (SSSR count). The highest BCUT2D eigenvalue weighted by atomic mass is 32.2. The van der Waals surface area contributed by atoms with Crippen LogP contribution in [0.3, 0.4) is 0 Å². The van der Waals surface area contributed by atoms with E-state index in [9.17, 15) is 4.79 Å². The van der Waals surface area contributed by atoms with Crippen LogP contribution in [-0.4, -0.2) is 5.12 Å². The quantitative estimate of drug-likeness (QED) is 0.696. The van der Waals surface area contributed by atoms with E-state index in [0.29, 0.717) is 0 Å². The Morgan fingerprint density at radius 2 is 1.65 bits per heavy atom. The van der Waals surface area contributed by atoms with Crippen LogP contribution in [0.4, 0.5) is 0 Å². The van der Waals surface area contributed by atoms with E-state index in [4.69, 9.17) is 0 Å². The maximum Gasteiger partial charge on any atom is 0.224 e. The summed E-state index contributed by atoms with van der Waals surface area (Å²) in [7, 11) is 0. The minimum absolute atomic E-state index is 0.107. The van der Waals surface area contributed by atoms with Gasteiger partial charge in [0.05, 0.1) is 0 Å². The first-order valence-electron chi connectivity index (χ1n) is 7.07. The minimum atomic E-state index is 0.107. The van der Waals surface area contributed by atoms with E-state index >= 15 is 0 Å². The van der Waals surface area contributed by atoms with Crippen molar-refractivity contribution >= 4 is 16.9 Å². The van der Waals surface area contributed by atoms with Gasteiger partial charge in [-0.3, -0.25) is 4.79 Å². The molecule has 0 fully saturated rings. The summed E-state index contributed by atoms with van der Waals surface area (Å²) in [5, 5.41) is 0.107. The topological polar surface area (TPSA) is 17.1 Å². The molecule has 0 aliphatic carbocycles. The fourth-order valence-corrected chi connectivity index (χ4v) is 2.70. The number of hydrogen-bond donors (Lipinski definition) is 0. The van der Waals surface area contributed by atoms with Crippen molar-refractivity contribution in [2.24, 2.45) is 0 Å². The molecule has 0 aliphatic heterocycles. The van der Waals surface area contributed by atoms with Gasteiger partial charge in [-0.05, 0) is 49.2 Å². The number of aryl methyl sites for hydroxylation is 2. The predicted octanol–water partition coefficient (Wildman–Crippen LogP) is 5.27. The number of thioether (sulfide) groups is 1. The van der Waals surface area contributed by atoms with Gasteiger partial charge in [0.1, 0.15) is 0 Å². The van der Waals surface area contributed by atoms with Crippen molar-refractivity contribution < 1.29 is 4.79 Å². The van der Waals surface area contributed by atoms with Crippen LogP contribution in [0.1, 0.15) is 41.3 Å². The van der Waals surface area contributed by atoms with Crippen LogP contribution >= 0.6 is 11.8 Å². The van der Waals surface area contributed by atoms with Crippen LogP contribution in [-0.2, 0) is 6.42 Å². The van der Waals surface area contributed by atoms with Gasteiger partial charge in [-0.15, -0.1) is 0 Å². The highest BCUT2D eigenvalue weighted by Crippen LogP contribution is 2.23. The van der Waals surface area contributed by atoms with Crippen LogP contribution in [0.25, 0.3) is 0 Å². The summed E-state index contributed by atoms with van der Waals surface area (Å²) < 4.78 is 0. The van der Waals surface area contributed by atoms with E-state index in [0.717, 1.165) is 16.9 Å². The molecule has 2 aromatic carbocycles. The second-order valence-corrected chi connectivity index (χ2v) is 6.05. The lowest BCUT2D eigenvalue weighted by Crippen LogP contribution is -1.94. The first kappa shape index (κ1) is 14.9. The Morgan fingerprint density at radius 3 is 2.25 bits per heavy atom. The van der Waals surface area contributed by atoms with E-state index < -0.39 is 0 Å². The van der Waals surface area contributed by atoms with Crippen molar-refractivity contribution in [3.05, 3.63) is 65.2 Å². The summed E-state index contributed by atoms with van der Waals surface area (Å²) in [4.78, 5) is 13.2. The molecule has 0 radical (unpaired) electrons. The third-order valence-electron chi connectivity index (χ3n) is 3.24. The standard InChI is InChI=1S/C18H20OS/c1-3-4-5-15-8-10-16(11-9-15)18(19)20-17-12-6-14(2)7-13-17/h6-13H,3-5H2,1-2H3. The van der Waals surface area contributed by atoms with Crippen LogP contribution in [0.2, 0.25) is 0 Å². The molecule has 0 saturated carbocycles. The predicted molar refractivity (Wildman–Crippen MR) is 86.4 cm³/mol. The van der Waals surface area contributed by atoms with Crippen LogP contribution in [0.5, 0.6) is 0 Å². The molecular weight excluding hydrogens is 264 g/mol. The lowest BCUT2D eigenvalue weighted by atomic mass is 10.1. The zero-order chi connectivity index (χ0) is 14.4. The molecule has 1 nitrogen and oxygen atoms in total. The lowest BCUT2D eigenvalue weighted by molar-refractivity contribution is 0.108. The third-order valence-corrected chi connectivity index (χ3v) is 4.17. The first-order chi connectivity index (χ1) is 9.69. The largest absolute Gasteiger partial charge is 0.281 e. The fourth-order valence-electron chi connectivity index (χ4n) is 1.96. The zero-order valence-electron chi connectivity index (χ0n) is 12.1. The molecule has 0 N–H and O–H groups in total. The summed E-state index contributed by atoms with van der Waals surface area (Å²) in [6.45, 7) is 4.24. The Balaban J connectivity index is 2.00. The van der Waals surface area contributed by atoms with Crippen molar-refractivity contribution in [2.45, 2.75) is 38.0 Å². The first-order valence-corrected chi connectivity index (χ1v) is 7.88. The maximum atomic E-state index is 12.2. The molecular formula is C18H20OS. The number of carbonyl (C=O) groups is 1. The van der Waals surface area contributed by atoms with Gasteiger partial charge >= 0.3 is 0 Å². The fraction of sp³-hybridized carbons (Fsp3) is 0.278. The van der Waals surface area contributed by atoms with Crippen molar-refractivity contribution in [3.63, 3.8) is 0 Å². The molecule has 20 heavy (non-hydrogen) atoms. The van der Waals surface area contributed by atoms with Gasteiger partial charge in [0.15, 0.2) is 0 Å². The summed E-state index contributed by atoms with van der Waals surface area (Å²) >= 11 is 1.29. The van der Waals surface area contributed by atoms with Crippen molar-refractivity contribution in [2.75, 3.05) is 0 Å². The average Bonchev–Trinajstić information content (AvgIpc) is 2.48. The third kappa shape index (κ3) is 4.24. The monoisotopic (exact) mass is 284 g/mol. The molecule has 2 aromatic rings. The maximum absolute atomic E-state index is 12.2. The Labute approximate surface area is 125 Å². The zero-order valence-corrected chi connectivity index (χ0v) is 12.9. The summed E-state index contributed by atoms with van der Waals surface area (Å²) in [5.74, 6) is 0. The molecule has 0 spiro atoms. The number of rotatable bonds is 5. The molecule has 0 saturated heterocycles. The molecule has 2 heteroatoms. The number of hydrogen-bond acceptors (Lipinski definition) is 2. The van der Waals surface area contributed by atoms with Gasteiger partial charge in [-0.25, -0.2) is 0 Å². The van der Waals surface area contributed by atoms with Crippen molar-refractivity contribution in [1.82, 2.24) is 0 Å². The van der Waals surface area contributed by atoms with E-state index in [2.05, 4.69) is 19.1 Å². The van der Waals surface area contributed by atoms with E-state index in [-0.39, 0.29) is 5.12 Å². The molecule has 0 heterocycles. The smallest absolute Gasteiger partial charge is 0.224 e. The van der Waals surface area contributed by atoms with E-state index in [1.54, 1.807) is 0 Å². The van der Waals surface area contributed by atoms with Crippen LogP contribution in [0, 0.1) is 6.92 Å². The normalized spacial score (nSPS) is 10.5. The SMILES string of the molecule is CCCCc1ccc(C(=O)Sc2ccc(C)cc2)cc1. The van der Waals surface area contributed by atoms with E-state index in [1.165, 1.54) is 35.7 Å². The Kier molecular flexibility index (Phi) is 5.42. The molecule has 0 atom stereocenters. The molecule has 0 amide bonds. The lowest BCUT2D eigenvalue weighted by Gasteiger charge is -2.04. The Hall–Kier alpha value is -1.54. The highest BCUT2D eigenvalue weighted by molar-refractivity contribution is 8.14. The van der Waals surface area contributed by atoms with Gasteiger partial charge in [0.2, 0.25) is 5.12 Å². The molecule has 0 bridgehead atoms. The van der Waals surface area contributed by atoms with Crippen LogP contribution < -0.4 is 0 Å². The number of carbonyl (C=O) groups excluding carboxylic acids is 1. The molecule has 0 aliphatic rings. The van der Waals surface area contributed by atoms with Crippen molar-refractivity contribution in [1.29, 1.82) is 0 Å². The average molecular weight is 284 g/mol. The van der Waals surface area contributed by atoms with Gasteiger partial charge < -0.3 is 0 Å². The van der Waals surface area contributed by atoms with E-state index in [1.807, 2.05) is 43.3 Å². The van der Waals surface area contributed by atoms with Gasteiger partial charge in [0, 0.05) is 10.5 Å². The molecule has 0 unspecified atom stereocenters. The second kappa shape index (κ2) is 7.30. The minimum Gasteiger partial charge on any atom is -0.281 e. The van der Waals surface area contributed by atoms with Gasteiger partial charge in [-0.1, -0.05) is 55.3 Å². The second-order valence-electron chi connectivity index (χ2n) is 5.00. The Bertz CT molecular complexity index is 555. The summed E-state index contributed by atoms with van der Waals surface area (Å²) in [6, 6.07) is 16.1. The van der Waals surface area contributed by atoms with Crippen molar-refractivity contribution in [3.8, 4) is 0 Å².